The smallest absolute Gasteiger partial charge is 0.152 e. The molecule has 1 heterocycles. The lowest BCUT2D eigenvalue weighted by Crippen LogP contribution is -2.16. The highest BCUT2D eigenvalue weighted by Gasteiger charge is 1.95. The normalized spacial score (nSPS) is 9.75. The molecule has 0 saturated carbocycles. The van der Waals surface area contributed by atoms with Crippen LogP contribution in [0.25, 0.3) is 0 Å². The minimum Gasteiger partial charge on any atom is -0.278 e. The van der Waals surface area contributed by atoms with Gasteiger partial charge in [-0.3, -0.25) is 5.43 Å². The second kappa shape index (κ2) is 5.16. The molecule has 0 aliphatic heterocycles. The van der Waals surface area contributed by atoms with Crippen LogP contribution in [0.15, 0.2) is 18.7 Å². The fourth-order valence-corrected chi connectivity index (χ4v) is 1.57. The molecule has 66 valence electrons. The van der Waals surface area contributed by atoms with Gasteiger partial charge in [0.05, 0.1) is 0 Å². The highest BCUT2D eigenvalue weighted by molar-refractivity contribution is 8.23. The summed E-state index contributed by atoms with van der Waals surface area (Å²) in [7, 11) is 0. The van der Waals surface area contributed by atoms with Crippen LogP contribution >= 0.6 is 24.0 Å². The maximum absolute atomic E-state index is 5.07. The summed E-state index contributed by atoms with van der Waals surface area (Å²) in [5, 5.41) is 0. The maximum Gasteiger partial charge on any atom is 0.152 e. The first-order valence-electron chi connectivity index (χ1n) is 3.74. The van der Waals surface area contributed by atoms with Gasteiger partial charge < -0.3 is 0 Å². The number of rotatable bonds is 3. The zero-order valence-electron chi connectivity index (χ0n) is 6.86. The van der Waals surface area contributed by atoms with Gasteiger partial charge in [0.25, 0.3) is 0 Å². The minimum atomic E-state index is 0.787. The van der Waals surface area contributed by atoms with Crippen molar-refractivity contribution in [1.82, 2.24) is 9.66 Å². The number of hydrogen-bond acceptors (Lipinski definition) is 3. The molecule has 0 aromatic carbocycles. The summed E-state index contributed by atoms with van der Waals surface area (Å²) in [6.07, 6.45) is 6.34. The SMILES string of the molecule is CCCSC(=S)Nn1ccnc1. The molecule has 1 aromatic heterocycles. The monoisotopic (exact) mass is 201 g/mol. The highest BCUT2D eigenvalue weighted by atomic mass is 32.2. The fourth-order valence-electron chi connectivity index (χ4n) is 0.658. The first kappa shape index (κ1) is 9.54. The molecular formula is C7H11N3S2. The molecule has 12 heavy (non-hydrogen) atoms. The molecule has 5 heteroatoms. The van der Waals surface area contributed by atoms with Crippen molar-refractivity contribution in [3.05, 3.63) is 18.7 Å². The number of nitrogens with zero attached hydrogens (tertiary/aromatic N) is 2. The van der Waals surface area contributed by atoms with Crippen LogP contribution in [0.2, 0.25) is 0 Å². The van der Waals surface area contributed by atoms with Crippen molar-refractivity contribution in [2.45, 2.75) is 13.3 Å². The number of thiocarbonyl (C=S) groups is 1. The van der Waals surface area contributed by atoms with E-state index in [2.05, 4.69) is 17.3 Å². The van der Waals surface area contributed by atoms with Crippen LogP contribution in [-0.4, -0.2) is 19.7 Å². The number of aromatic nitrogens is 2. The van der Waals surface area contributed by atoms with Gasteiger partial charge in [-0.05, 0) is 6.42 Å². The van der Waals surface area contributed by atoms with Gasteiger partial charge in [0.15, 0.2) is 4.32 Å². The van der Waals surface area contributed by atoms with E-state index in [1.165, 1.54) is 0 Å². The summed E-state index contributed by atoms with van der Waals surface area (Å²) < 4.78 is 2.53. The Morgan fingerprint density at radius 3 is 3.17 bits per heavy atom. The van der Waals surface area contributed by atoms with Crippen molar-refractivity contribution < 1.29 is 0 Å². The number of nitrogens with one attached hydrogen (secondary N) is 1. The number of thioether (sulfide) groups is 1. The van der Waals surface area contributed by atoms with Gasteiger partial charge in [-0.25, -0.2) is 9.66 Å². The molecule has 0 unspecified atom stereocenters. The minimum absolute atomic E-state index is 0.787. The van der Waals surface area contributed by atoms with Gasteiger partial charge in [0, 0.05) is 18.1 Å². The van der Waals surface area contributed by atoms with Crippen molar-refractivity contribution in [3.63, 3.8) is 0 Å². The van der Waals surface area contributed by atoms with Crippen molar-refractivity contribution in [1.29, 1.82) is 0 Å². The standard InChI is InChI=1S/C7H11N3S2/c1-2-5-12-7(11)9-10-4-3-8-6-10/h3-4,6H,2,5H2,1H3,(H,9,11). The van der Waals surface area contributed by atoms with E-state index < -0.39 is 0 Å². The third-order valence-corrected chi connectivity index (χ3v) is 2.57. The third-order valence-electron chi connectivity index (χ3n) is 1.16. The van der Waals surface area contributed by atoms with Crippen LogP contribution in [0.1, 0.15) is 13.3 Å². The average Bonchev–Trinajstić information content (AvgIpc) is 2.53. The molecule has 0 amide bonds. The highest BCUT2D eigenvalue weighted by Crippen LogP contribution is 2.04. The van der Waals surface area contributed by atoms with Crippen molar-refractivity contribution in [3.8, 4) is 0 Å². The van der Waals surface area contributed by atoms with Crippen LogP contribution in [0.5, 0.6) is 0 Å². The van der Waals surface area contributed by atoms with Gasteiger partial charge in [-0.1, -0.05) is 30.9 Å². The zero-order chi connectivity index (χ0) is 8.81. The predicted octanol–water partition coefficient (Wildman–Crippen LogP) is 1.85. The molecular weight excluding hydrogens is 190 g/mol. The van der Waals surface area contributed by atoms with Gasteiger partial charge in [0.2, 0.25) is 0 Å². The number of hydrogen-bond donors (Lipinski definition) is 1. The lowest BCUT2D eigenvalue weighted by molar-refractivity contribution is 0.983. The molecule has 0 radical (unpaired) electrons. The van der Waals surface area contributed by atoms with Gasteiger partial charge >= 0.3 is 0 Å². The van der Waals surface area contributed by atoms with E-state index in [0.29, 0.717) is 0 Å². The molecule has 3 nitrogen and oxygen atoms in total. The zero-order valence-corrected chi connectivity index (χ0v) is 8.49. The van der Waals surface area contributed by atoms with E-state index in [9.17, 15) is 0 Å². The van der Waals surface area contributed by atoms with Crippen molar-refractivity contribution in [2.24, 2.45) is 0 Å². The molecule has 0 spiro atoms. The second-order valence-corrected chi connectivity index (χ2v) is 3.99. The average molecular weight is 201 g/mol. The van der Waals surface area contributed by atoms with Crippen LogP contribution in [0.3, 0.4) is 0 Å². The molecule has 0 atom stereocenters. The Balaban J connectivity index is 2.27. The third kappa shape index (κ3) is 3.23. The topological polar surface area (TPSA) is 29.9 Å². The molecule has 0 saturated heterocycles. The van der Waals surface area contributed by atoms with Gasteiger partial charge in [-0.2, -0.15) is 0 Å². The molecule has 1 rings (SSSR count). The molecule has 0 fully saturated rings. The van der Waals surface area contributed by atoms with Crippen LogP contribution < -0.4 is 5.43 Å². The summed E-state index contributed by atoms with van der Waals surface area (Å²) in [5.41, 5.74) is 3.01. The van der Waals surface area contributed by atoms with Crippen LogP contribution in [0.4, 0.5) is 0 Å². The Morgan fingerprint density at radius 1 is 1.75 bits per heavy atom. The molecule has 0 aliphatic carbocycles. The van der Waals surface area contributed by atoms with E-state index in [-0.39, 0.29) is 0 Å². The quantitative estimate of drug-likeness (QED) is 0.756. The molecule has 0 aliphatic rings. The Kier molecular flexibility index (Phi) is 4.10. The summed E-state index contributed by atoms with van der Waals surface area (Å²) in [4.78, 5) is 3.89. The van der Waals surface area contributed by atoms with Crippen LogP contribution in [0, 0.1) is 0 Å². The van der Waals surface area contributed by atoms with E-state index in [1.54, 1.807) is 29.0 Å². The summed E-state index contributed by atoms with van der Waals surface area (Å²) in [6, 6.07) is 0. The Hall–Kier alpha value is -0.550. The summed E-state index contributed by atoms with van der Waals surface area (Å²) in [6.45, 7) is 2.13. The van der Waals surface area contributed by atoms with E-state index in [0.717, 1.165) is 16.5 Å². The number of imidazole rings is 1. The maximum atomic E-state index is 5.07. The van der Waals surface area contributed by atoms with Gasteiger partial charge in [0.1, 0.15) is 6.33 Å². The second-order valence-electron chi connectivity index (χ2n) is 2.22. The fraction of sp³-hybridized carbons (Fsp3) is 0.429. The van der Waals surface area contributed by atoms with E-state index in [1.807, 2.05) is 6.20 Å². The van der Waals surface area contributed by atoms with Crippen LogP contribution in [-0.2, 0) is 0 Å². The Bertz CT molecular complexity index is 233. The molecule has 0 bridgehead atoms. The first-order chi connectivity index (χ1) is 5.83. The Morgan fingerprint density at radius 2 is 2.58 bits per heavy atom. The molecule has 1 aromatic rings. The first-order valence-corrected chi connectivity index (χ1v) is 5.14. The lowest BCUT2D eigenvalue weighted by Gasteiger charge is -2.05. The van der Waals surface area contributed by atoms with E-state index >= 15 is 0 Å². The molecule has 1 N–H and O–H groups in total. The van der Waals surface area contributed by atoms with Crippen molar-refractivity contribution in [2.75, 3.05) is 11.2 Å². The predicted molar refractivity (Wildman–Crippen MR) is 56.9 cm³/mol. The van der Waals surface area contributed by atoms with E-state index in [4.69, 9.17) is 12.2 Å². The summed E-state index contributed by atoms with van der Waals surface area (Å²) >= 11 is 6.72. The lowest BCUT2D eigenvalue weighted by atomic mass is 10.6. The van der Waals surface area contributed by atoms with Crippen molar-refractivity contribution >= 4 is 28.3 Å². The van der Waals surface area contributed by atoms with Gasteiger partial charge in [-0.15, -0.1) is 0 Å². The Labute approximate surface area is 81.5 Å². The summed E-state index contributed by atoms with van der Waals surface area (Å²) in [5.74, 6) is 1.06. The largest absolute Gasteiger partial charge is 0.278 e.